The van der Waals surface area contributed by atoms with Gasteiger partial charge in [0.15, 0.2) is 22.4 Å². The second kappa shape index (κ2) is 8.52. The minimum Gasteiger partial charge on any atom is -0.267 e. The molecule has 0 fully saturated rings. The summed E-state index contributed by atoms with van der Waals surface area (Å²) in [5.41, 5.74) is -0.523. The van der Waals surface area contributed by atoms with E-state index >= 15 is 0 Å². The fourth-order valence-corrected chi connectivity index (χ4v) is 2.93. The topological polar surface area (TPSA) is 89.4 Å². The van der Waals surface area contributed by atoms with Crippen LogP contribution in [0.5, 0.6) is 0 Å². The molecule has 9 heteroatoms. The van der Waals surface area contributed by atoms with Gasteiger partial charge in [0.2, 0.25) is 0 Å². The van der Waals surface area contributed by atoms with Crippen LogP contribution in [0.3, 0.4) is 0 Å². The van der Waals surface area contributed by atoms with E-state index in [-0.39, 0.29) is 22.4 Å². The number of hydrogen-bond acceptors (Lipinski definition) is 6. The number of thioether (sulfide) groups is 1. The lowest BCUT2D eigenvalue weighted by Gasteiger charge is -2.17. The second-order valence-corrected chi connectivity index (χ2v) is 6.94. The molecule has 0 saturated heterocycles. The molecule has 0 atom stereocenters. The van der Waals surface area contributed by atoms with E-state index < -0.39 is 11.2 Å². The lowest BCUT2D eigenvalue weighted by molar-refractivity contribution is 0.526. The van der Waals surface area contributed by atoms with Crippen molar-refractivity contribution in [2.24, 2.45) is 0 Å². The zero-order valence-electron chi connectivity index (χ0n) is 16.8. The van der Waals surface area contributed by atoms with Crippen molar-refractivity contribution in [1.82, 2.24) is 24.3 Å². The molecule has 0 aromatic carbocycles. The molecule has 3 rings (SSSR count). The molecule has 148 valence electrons. The SMILES string of the molecule is CC.CCn1c(=O)c2cnc(SC)nc2n1-c1nc(C(C)(C)C#N)ccc1F. The lowest BCUT2D eigenvalue weighted by Crippen LogP contribution is -2.24. The molecule has 0 aliphatic carbocycles. The second-order valence-electron chi connectivity index (χ2n) is 6.17. The molecule has 3 aromatic rings. The first-order valence-electron chi connectivity index (χ1n) is 8.95. The van der Waals surface area contributed by atoms with Crippen LogP contribution in [-0.4, -0.2) is 30.6 Å². The van der Waals surface area contributed by atoms with Crippen molar-refractivity contribution < 1.29 is 4.39 Å². The Morgan fingerprint density at radius 1 is 1.29 bits per heavy atom. The highest BCUT2D eigenvalue weighted by atomic mass is 32.2. The number of nitrogens with zero attached hydrogens (tertiary/aromatic N) is 6. The Labute approximate surface area is 167 Å². The van der Waals surface area contributed by atoms with Gasteiger partial charge in [-0.2, -0.15) is 5.26 Å². The van der Waals surface area contributed by atoms with Crippen LogP contribution >= 0.6 is 11.8 Å². The van der Waals surface area contributed by atoms with Crippen molar-refractivity contribution in [3.05, 3.63) is 40.2 Å². The van der Waals surface area contributed by atoms with Gasteiger partial charge in [-0.1, -0.05) is 25.6 Å². The minimum atomic E-state index is -0.901. The number of halogens is 1. The zero-order valence-corrected chi connectivity index (χ0v) is 17.6. The van der Waals surface area contributed by atoms with Crippen molar-refractivity contribution >= 4 is 22.8 Å². The Morgan fingerprint density at radius 3 is 2.54 bits per heavy atom. The quantitative estimate of drug-likeness (QED) is 0.488. The standard InChI is InChI=1S/C17H17FN6OS.C2H6/c1-5-23-15(25)10-8-20-16(26-4)22-13(10)24(23)14-11(18)6-7-12(21-14)17(2,3)9-19;1-2/h6-8H,5H2,1-4H3;1-2H3. The van der Waals surface area contributed by atoms with Gasteiger partial charge in [-0.15, -0.1) is 0 Å². The molecule has 0 aliphatic heterocycles. The first-order chi connectivity index (χ1) is 13.3. The summed E-state index contributed by atoms with van der Waals surface area (Å²) in [6, 6.07) is 4.88. The highest BCUT2D eigenvalue weighted by Crippen LogP contribution is 2.24. The van der Waals surface area contributed by atoms with Crippen LogP contribution in [0.1, 0.15) is 40.3 Å². The van der Waals surface area contributed by atoms with Gasteiger partial charge in [0.05, 0.1) is 17.2 Å². The van der Waals surface area contributed by atoms with Crippen molar-refractivity contribution in [3.63, 3.8) is 0 Å². The predicted octanol–water partition coefficient (Wildman–Crippen LogP) is 3.69. The van der Waals surface area contributed by atoms with Crippen molar-refractivity contribution in [3.8, 4) is 11.9 Å². The average molecular weight is 402 g/mol. The van der Waals surface area contributed by atoms with Crippen molar-refractivity contribution in [1.29, 1.82) is 5.26 Å². The monoisotopic (exact) mass is 402 g/mol. The third kappa shape index (κ3) is 3.64. The smallest absolute Gasteiger partial charge is 0.267 e. The molecule has 0 amide bonds. The predicted molar refractivity (Wildman–Crippen MR) is 108 cm³/mol. The Kier molecular flexibility index (Phi) is 6.56. The van der Waals surface area contributed by atoms with E-state index in [1.807, 2.05) is 20.1 Å². The molecule has 0 bridgehead atoms. The molecule has 0 saturated carbocycles. The summed E-state index contributed by atoms with van der Waals surface area (Å²) < 4.78 is 17.4. The summed E-state index contributed by atoms with van der Waals surface area (Å²) >= 11 is 1.32. The van der Waals surface area contributed by atoms with Gasteiger partial charge in [0, 0.05) is 12.7 Å². The summed E-state index contributed by atoms with van der Waals surface area (Å²) in [7, 11) is 0. The number of hydrogen-bond donors (Lipinski definition) is 0. The minimum absolute atomic E-state index is 0.0643. The van der Waals surface area contributed by atoms with Gasteiger partial charge < -0.3 is 0 Å². The third-order valence-corrected chi connectivity index (χ3v) is 4.65. The van der Waals surface area contributed by atoms with E-state index in [0.29, 0.717) is 17.4 Å². The first kappa shape index (κ1) is 21.6. The van der Waals surface area contributed by atoms with Gasteiger partial charge in [-0.3, -0.25) is 4.79 Å². The fourth-order valence-electron chi connectivity index (χ4n) is 2.60. The number of fused-ring (bicyclic) bond motifs is 1. The van der Waals surface area contributed by atoms with Crippen molar-refractivity contribution in [2.75, 3.05) is 6.26 Å². The number of aromatic nitrogens is 5. The van der Waals surface area contributed by atoms with Gasteiger partial charge >= 0.3 is 0 Å². The first-order valence-corrected chi connectivity index (χ1v) is 10.2. The zero-order chi connectivity index (χ0) is 21.1. The molecule has 0 unspecified atom stereocenters. The van der Waals surface area contributed by atoms with E-state index in [9.17, 15) is 14.4 Å². The number of pyridine rings is 1. The molecule has 0 N–H and O–H groups in total. The van der Waals surface area contributed by atoms with Gasteiger partial charge in [-0.25, -0.2) is 28.7 Å². The molecule has 7 nitrogen and oxygen atoms in total. The molecule has 28 heavy (non-hydrogen) atoms. The molecule has 0 spiro atoms. The van der Waals surface area contributed by atoms with E-state index in [1.54, 1.807) is 20.8 Å². The van der Waals surface area contributed by atoms with E-state index in [0.717, 1.165) is 0 Å². The Morgan fingerprint density at radius 2 is 1.96 bits per heavy atom. The van der Waals surface area contributed by atoms with Crippen LogP contribution in [0, 0.1) is 17.1 Å². The normalized spacial score (nSPS) is 11.1. The number of rotatable bonds is 4. The van der Waals surface area contributed by atoms with Crippen LogP contribution in [-0.2, 0) is 12.0 Å². The van der Waals surface area contributed by atoms with Gasteiger partial charge in [-0.05, 0) is 39.2 Å². The Balaban J connectivity index is 0.00000136. The highest BCUT2D eigenvalue weighted by Gasteiger charge is 2.25. The summed E-state index contributed by atoms with van der Waals surface area (Å²) in [6.07, 6.45) is 3.26. The van der Waals surface area contributed by atoms with Crippen LogP contribution < -0.4 is 5.56 Å². The maximum atomic E-state index is 14.7. The molecular weight excluding hydrogens is 379 g/mol. The summed E-state index contributed by atoms with van der Waals surface area (Å²) in [5, 5.41) is 10.1. The fraction of sp³-hybridized carbons (Fsp3) is 0.421. The van der Waals surface area contributed by atoms with E-state index in [2.05, 4.69) is 21.0 Å². The molecular formula is C19H23FN6OS. The summed E-state index contributed by atoms with van der Waals surface area (Å²) in [4.78, 5) is 25.5. The maximum absolute atomic E-state index is 14.7. The largest absolute Gasteiger partial charge is 0.278 e. The summed E-state index contributed by atoms with van der Waals surface area (Å²) in [5.74, 6) is -0.670. The average Bonchev–Trinajstić information content (AvgIpc) is 3.00. The lowest BCUT2D eigenvalue weighted by atomic mass is 9.91. The highest BCUT2D eigenvalue weighted by molar-refractivity contribution is 7.98. The molecule has 3 heterocycles. The van der Waals surface area contributed by atoms with E-state index in [1.165, 1.54) is 39.5 Å². The van der Waals surface area contributed by atoms with Crippen LogP contribution in [0.25, 0.3) is 16.9 Å². The van der Waals surface area contributed by atoms with Crippen LogP contribution in [0.15, 0.2) is 28.3 Å². The Bertz CT molecular complexity index is 1100. The Hall–Kier alpha value is -2.73. The molecule has 3 aromatic heterocycles. The number of nitriles is 1. The maximum Gasteiger partial charge on any atom is 0.278 e. The van der Waals surface area contributed by atoms with Crippen LogP contribution in [0.4, 0.5) is 4.39 Å². The molecule has 0 aliphatic rings. The van der Waals surface area contributed by atoms with E-state index in [4.69, 9.17) is 0 Å². The van der Waals surface area contributed by atoms with Crippen LogP contribution in [0.2, 0.25) is 0 Å². The van der Waals surface area contributed by atoms with Crippen molar-refractivity contribution in [2.45, 2.75) is 51.7 Å². The van der Waals surface area contributed by atoms with Gasteiger partial charge in [0.1, 0.15) is 5.39 Å². The van der Waals surface area contributed by atoms with Gasteiger partial charge in [0.25, 0.3) is 5.56 Å². The summed E-state index contributed by atoms with van der Waals surface area (Å²) in [6.45, 7) is 9.48. The third-order valence-electron chi connectivity index (χ3n) is 4.08. The molecule has 0 radical (unpaired) electrons.